The van der Waals surface area contributed by atoms with Gasteiger partial charge in [-0.2, -0.15) is 0 Å². The van der Waals surface area contributed by atoms with E-state index in [9.17, 15) is 10.1 Å². The summed E-state index contributed by atoms with van der Waals surface area (Å²) in [5.41, 5.74) is 0.706. The first-order chi connectivity index (χ1) is 8.85. The predicted molar refractivity (Wildman–Crippen MR) is 84.6 cm³/mol. The van der Waals surface area contributed by atoms with Gasteiger partial charge in [0, 0.05) is 29.9 Å². The molecule has 1 N–H and O–H groups in total. The molecule has 6 heteroatoms. The van der Waals surface area contributed by atoms with Gasteiger partial charge in [0.2, 0.25) is 0 Å². The molecule has 0 saturated carbocycles. The second-order valence-electron chi connectivity index (χ2n) is 5.18. The van der Waals surface area contributed by atoms with Crippen LogP contribution in [0.5, 0.6) is 0 Å². The molecule has 0 spiro atoms. The molecule has 106 valence electrons. The van der Waals surface area contributed by atoms with Gasteiger partial charge in [-0.05, 0) is 46.6 Å². The first-order valence-corrected chi connectivity index (χ1v) is 7.10. The molecule has 0 fully saturated rings. The van der Waals surface area contributed by atoms with Gasteiger partial charge in [-0.15, -0.1) is 0 Å². The zero-order valence-corrected chi connectivity index (χ0v) is 13.6. The van der Waals surface area contributed by atoms with Gasteiger partial charge in [0.1, 0.15) is 5.69 Å². The molecule has 19 heavy (non-hydrogen) atoms. The first-order valence-electron chi connectivity index (χ1n) is 6.02. The topological polar surface area (TPSA) is 64.4 Å². The van der Waals surface area contributed by atoms with Crippen LogP contribution >= 0.6 is 22.6 Å². The summed E-state index contributed by atoms with van der Waals surface area (Å²) >= 11 is 2.07. The molecule has 0 unspecified atom stereocenters. The summed E-state index contributed by atoms with van der Waals surface area (Å²) in [6.07, 6.45) is 0.897. The van der Waals surface area contributed by atoms with Gasteiger partial charge in [0.05, 0.1) is 4.92 Å². The zero-order chi connectivity index (χ0) is 14.5. The maximum absolute atomic E-state index is 11.0. The highest BCUT2D eigenvalue weighted by Gasteiger charge is 2.20. The van der Waals surface area contributed by atoms with Crippen molar-refractivity contribution >= 4 is 34.0 Å². The first kappa shape index (κ1) is 16.2. The lowest BCUT2D eigenvalue weighted by atomic mass is 9.89. The minimum Gasteiger partial charge on any atom is -0.385 e. The number of methoxy groups -OCH3 is 1. The molecule has 1 aromatic carbocycles. The molecule has 1 rings (SSSR count). The van der Waals surface area contributed by atoms with Crippen LogP contribution in [0.15, 0.2) is 18.2 Å². The van der Waals surface area contributed by atoms with Crippen molar-refractivity contribution in [3.05, 3.63) is 31.9 Å². The van der Waals surface area contributed by atoms with Gasteiger partial charge in [0.25, 0.3) is 5.69 Å². The van der Waals surface area contributed by atoms with Crippen molar-refractivity contribution in [2.45, 2.75) is 20.3 Å². The Bertz CT molecular complexity index is 450. The standard InChI is InChI=1S/C13H19IN2O3/c1-13(2,6-7-19-3)9-15-11-5-4-10(14)8-12(11)16(17)18/h4-5,8,15H,6-7,9H2,1-3H3. The fourth-order valence-corrected chi connectivity index (χ4v) is 2.08. The van der Waals surface area contributed by atoms with Crippen LogP contribution in [-0.4, -0.2) is 25.2 Å². The maximum atomic E-state index is 11.0. The summed E-state index contributed by atoms with van der Waals surface area (Å²) in [6.45, 7) is 5.57. The van der Waals surface area contributed by atoms with Crippen molar-refractivity contribution in [3.63, 3.8) is 0 Å². The van der Waals surface area contributed by atoms with E-state index in [0.717, 1.165) is 9.99 Å². The van der Waals surface area contributed by atoms with Gasteiger partial charge < -0.3 is 10.1 Å². The Labute approximate surface area is 127 Å². The van der Waals surface area contributed by atoms with Crippen molar-refractivity contribution < 1.29 is 9.66 Å². The average Bonchev–Trinajstić information content (AvgIpc) is 2.35. The number of hydrogen-bond acceptors (Lipinski definition) is 4. The van der Waals surface area contributed by atoms with Crippen molar-refractivity contribution in [1.82, 2.24) is 0 Å². The van der Waals surface area contributed by atoms with E-state index in [-0.39, 0.29) is 16.0 Å². The zero-order valence-electron chi connectivity index (χ0n) is 11.4. The molecule has 0 atom stereocenters. The number of ether oxygens (including phenoxy) is 1. The van der Waals surface area contributed by atoms with Gasteiger partial charge in [-0.3, -0.25) is 10.1 Å². The fraction of sp³-hybridized carbons (Fsp3) is 0.538. The lowest BCUT2D eigenvalue weighted by Gasteiger charge is -2.25. The van der Waals surface area contributed by atoms with Crippen LogP contribution in [0.25, 0.3) is 0 Å². The summed E-state index contributed by atoms with van der Waals surface area (Å²) in [6, 6.07) is 5.19. The Morgan fingerprint density at radius 2 is 2.16 bits per heavy atom. The number of rotatable bonds is 7. The minimum atomic E-state index is -0.355. The molecule has 0 aromatic heterocycles. The Kier molecular flexibility index (Phi) is 5.99. The number of anilines is 1. The Hall–Kier alpha value is -0.890. The Balaban J connectivity index is 2.75. The number of halogens is 1. The third-order valence-corrected chi connectivity index (χ3v) is 3.57. The Morgan fingerprint density at radius 3 is 2.74 bits per heavy atom. The van der Waals surface area contributed by atoms with E-state index in [0.29, 0.717) is 18.8 Å². The molecule has 0 aliphatic carbocycles. The van der Waals surface area contributed by atoms with E-state index in [2.05, 4.69) is 41.8 Å². The quantitative estimate of drug-likeness (QED) is 0.447. The van der Waals surface area contributed by atoms with Crippen LogP contribution in [0, 0.1) is 19.1 Å². The normalized spacial score (nSPS) is 11.4. The molecule has 0 aliphatic rings. The summed E-state index contributed by atoms with van der Waals surface area (Å²) in [5.74, 6) is 0. The highest BCUT2D eigenvalue weighted by molar-refractivity contribution is 14.1. The van der Waals surface area contributed by atoms with E-state index in [1.807, 2.05) is 6.07 Å². The third kappa shape index (κ3) is 5.32. The SMILES string of the molecule is COCCC(C)(C)CNc1ccc(I)cc1[N+](=O)[O-]. The van der Waals surface area contributed by atoms with Crippen LogP contribution in [0.3, 0.4) is 0 Å². The lowest BCUT2D eigenvalue weighted by molar-refractivity contribution is -0.384. The monoisotopic (exact) mass is 378 g/mol. The van der Waals surface area contributed by atoms with Gasteiger partial charge in [-0.25, -0.2) is 0 Å². The molecular formula is C13H19IN2O3. The summed E-state index contributed by atoms with van der Waals surface area (Å²) in [4.78, 5) is 10.7. The van der Waals surface area contributed by atoms with E-state index in [4.69, 9.17) is 4.74 Å². The number of nitrogens with one attached hydrogen (secondary N) is 1. The van der Waals surface area contributed by atoms with Crippen LogP contribution in [0.1, 0.15) is 20.3 Å². The van der Waals surface area contributed by atoms with Crippen molar-refractivity contribution in [1.29, 1.82) is 0 Å². The summed E-state index contributed by atoms with van der Waals surface area (Å²) in [7, 11) is 1.67. The summed E-state index contributed by atoms with van der Waals surface area (Å²) in [5, 5.41) is 14.2. The number of nitrogens with zero attached hydrogens (tertiary/aromatic N) is 1. The Morgan fingerprint density at radius 1 is 1.47 bits per heavy atom. The van der Waals surface area contributed by atoms with E-state index < -0.39 is 0 Å². The number of hydrogen-bond donors (Lipinski definition) is 1. The highest BCUT2D eigenvalue weighted by atomic mass is 127. The molecule has 5 nitrogen and oxygen atoms in total. The van der Waals surface area contributed by atoms with Crippen LogP contribution in [0.4, 0.5) is 11.4 Å². The molecule has 0 radical (unpaired) electrons. The van der Waals surface area contributed by atoms with E-state index in [1.54, 1.807) is 19.2 Å². The van der Waals surface area contributed by atoms with Gasteiger partial charge in [-0.1, -0.05) is 13.8 Å². The second-order valence-corrected chi connectivity index (χ2v) is 6.42. The summed E-state index contributed by atoms with van der Waals surface area (Å²) < 4.78 is 5.93. The molecule has 0 bridgehead atoms. The molecule has 0 aliphatic heterocycles. The molecular weight excluding hydrogens is 359 g/mol. The molecule has 0 saturated heterocycles. The highest BCUT2D eigenvalue weighted by Crippen LogP contribution is 2.28. The predicted octanol–water partition coefficient (Wildman–Crippen LogP) is 3.67. The van der Waals surface area contributed by atoms with Crippen molar-refractivity contribution in [3.8, 4) is 0 Å². The van der Waals surface area contributed by atoms with E-state index >= 15 is 0 Å². The third-order valence-electron chi connectivity index (χ3n) is 2.90. The number of nitro groups is 1. The van der Waals surface area contributed by atoms with Gasteiger partial charge >= 0.3 is 0 Å². The van der Waals surface area contributed by atoms with Crippen LogP contribution in [-0.2, 0) is 4.74 Å². The molecule has 1 aromatic rings. The average molecular weight is 378 g/mol. The number of nitro benzene ring substituents is 1. The number of benzene rings is 1. The van der Waals surface area contributed by atoms with Crippen LogP contribution in [0.2, 0.25) is 0 Å². The van der Waals surface area contributed by atoms with Gasteiger partial charge in [0.15, 0.2) is 0 Å². The van der Waals surface area contributed by atoms with Crippen LogP contribution < -0.4 is 5.32 Å². The second kappa shape index (κ2) is 7.04. The van der Waals surface area contributed by atoms with Crippen molar-refractivity contribution in [2.75, 3.05) is 25.6 Å². The molecule has 0 amide bonds. The lowest BCUT2D eigenvalue weighted by Crippen LogP contribution is -2.24. The fourth-order valence-electron chi connectivity index (χ4n) is 1.61. The molecule has 0 heterocycles. The smallest absolute Gasteiger partial charge is 0.293 e. The van der Waals surface area contributed by atoms with Crippen molar-refractivity contribution in [2.24, 2.45) is 5.41 Å². The minimum absolute atomic E-state index is 0.0207. The largest absolute Gasteiger partial charge is 0.385 e. The maximum Gasteiger partial charge on any atom is 0.293 e. The van der Waals surface area contributed by atoms with E-state index in [1.165, 1.54) is 0 Å².